The molecule has 0 bridgehead atoms. The van der Waals surface area contributed by atoms with Crippen LogP contribution in [0.2, 0.25) is 0 Å². The fourth-order valence-electron chi connectivity index (χ4n) is 1.59. The number of hydrogen-bond acceptors (Lipinski definition) is 4. The van der Waals surface area contributed by atoms with Crippen molar-refractivity contribution in [1.82, 2.24) is 20.6 Å². The lowest BCUT2D eigenvalue weighted by Gasteiger charge is -2.09. The van der Waals surface area contributed by atoms with Crippen molar-refractivity contribution in [3.05, 3.63) is 23.8 Å². The van der Waals surface area contributed by atoms with Gasteiger partial charge < -0.3 is 10.6 Å². The molecule has 1 fully saturated rings. The van der Waals surface area contributed by atoms with Crippen LogP contribution in [-0.4, -0.2) is 29.1 Å². The van der Waals surface area contributed by atoms with E-state index in [4.69, 9.17) is 0 Å². The number of aryl methyl sites for hydroxylation is 1. The molecule has 1 aromatic rings. The molecule has 1 aliphatic heterocycles. The van der Waals surface area contributed by atoms with Gasteiger partial charge in [0.05, 0.1) is 11.4 Å². The summed E-state index contributed by atoms with van der Waals surface area (Å²) in [6.45, 7) is 4.96. The topological polar surface area (TPSA) is 49.8 Å². The van der Waals surface area contributed by atoms with Gasteiger partial charge in [-0.2, -0.15) is 0 Å². The lowest BCUT2D eigenvalue weighted by atomic mass is 10.2. The van der Waals surface area contributed by atoms with E-state index >= 15 is 0 Å². The SMILES string of the molecule is Cc1cnc(CNC2CCNC2)cn1. The van der Waals surface area contributed by atoms with E-state index in [9.17, 15) is 0 Å². The molecule has 2 heterocycles. The minimum atomic E-state index is 0.595. The second-order valence-electron chi connectivity index (χ2n) is 3.72. The summed E-state index contributed by atoms with van der Waals surface area (Å²) in [6.07, 6.45) is 4.86. The minimum Gasteiger partial charge on any atom is -0.315 e. The summed E-state index contributed by atoms with van der Waals surface area (Å²) in [7, 11) is 0. The van der Waals surface area contributed by atoms with Gasteiger partial charge in [0.15, 0.2) is 0 Å². The van der Waals surface area contributed by atoms with E-state index < -0.39 is 0 Å². The average Bonchev–Trinajstić information content (AvgIpc) is 2.70. The van der Waals surface area contributed by atoms with Gasteiger partial charge in [0.25, 0.3) is 0 Å². The standard InChI is InChI=1S/C10H16N4/c1-8-4-13-10(6-12-8)7-14-9-2-3-11-5-9/h4,6,9,11,14H,2-3,5,7H2,1H3. The van der Waals surface area contributed by atoms with Crippen LogP contribution in [0, 0.1) is 6.92 Å². The van der Waals surface area contributed by atoms with Crippen LogP contribution in [-0.2, 0) is 6.54 Å². The zero-order valence-corrected chi connectivity index (χ0v) is 8.45. The van der Waals surface area contributed by atoms with Gasteiger partial charge in [0.1, 0.15) is 0 Å². The van der Waals surface area contributed by atoms with Gasteiger partial charge in [-0.25, -0.2) is 0 Å². The molecule has 1 atom stereocenters. The number of rotatable bonds is 3. The molecule has 0 aromatic carbocycles. The molecule has 4 nitrogen and oxygen atoms in total. The molecule has 4 heteroatoms. The monoisotopic (exact) mass is 192 g/mol. The molecule has 0 aliphatic carbocycles. The van der Waals surface area contributed by atoms with Crippen LogP contribution in [0.15, 0.2) is 12.4 Å². The Hall–Kier alpha value is -1.00. The first kappa shape index (κ1) is 9.55. The minimum absolute atomic E-state index is 0.595. The molecule has 1 aromatic heterocycles. The highest BCUT2D eigenvalue weighted by molar-refractivity contribution is 5.00. The van der Waals surface area contributed by atoms with E-state index in [1.54, 1.807) is 0 Å². The summed E-state index contributed by atoms with van der Waals surface area (Å²) >= 11 is 0. The molecule has 76 valence electrons. The van der Waals surface area contributed by atoms with Crippen molar-refractivity contribution in [2.24, 2.45) is 0 Å². The Bertz CT molecular complexity index is 277. The summed E-state index contributed by atoms with van der Waals surface area (Å²) < 4.78 is 0. The maximum absolute atomic E-state index is 4.29. The molecule has 0 saturated carbocycles. The first-order valence-corrected chi connectivity index (χ1v) is 5.06. The summed E-state index contributed by atoms with van der Waals surface area (Å²) in [6, 6.07) is 0.595. The van der Waals surface area contributed by atoms with Crippen molar-refractivity contribution in [2.45, 2.75) is 25.9 Å². The molecule has 14 heavy (non-hydrogen) atoms. The average molecular weight is 192 g/mol. The Morgan fingerprint density at radius 2 is 2.43 bits per heavy atom. The summed E-state index contributed by atoms with van der Waals surface area (Å²) in [5.74, 6) is 0. The fraction of sp³-hybridized carbons (Fsp3) is 0.600. The summed E-state index contributed by atoms with van der Waals surface area (Å²) in [4.78, 5) is 8.50. The van der Waals surface area contributed by atoms with Crippen molar-refractivity contribution in [1.29, 1.82) is 0 Å². The van der Waals surface area contributed by atoms with Gasteiger partial charge in [-0.3, -0.25) is 9.97 Å². The summed E-state index contributed by atoms with van der Waals surface area (Å²) in [5, 5.41) is 6.77. The third-order valence-electron chi connectivity index (χ3n) is 2.47. The molecule has 1 unspecified atom stereocenters. The molecule has 0 amide bonds. The second-order valence-corrected chi connectivity index (χ2v) is 3.72. The van der Waals surface area contributed by atoms with E-state index in [-0.39, 0.29) is 0 Å². The first-order chi connectivity index (χ1) is 6.84. The fourth-order valence-corrected chi connectivity index (χ4v) is 1.59. The van der Waals surface area contributed by atoms with Crippen LogP contribution in [0.3, 0.4) is 0 Å². The Kier molecular flexibility index (Phi) is 3.06. The zero-order valence-electron chi connectivity index (χ0n) is 8.45. The Labute approximate surface area is 84.2 Å². The van der Waals surface area contributed by atoms with Gasteiger partial charge in [0.2, 0.25) is 0 Å². The predicted molar refractivity (Wildman–Crippen MR) is 54.9 cm³/mol. The highest BCUT2D eigenvalue weighted by atomic mass is 15.0. The third kappa shape index (κ3) is 2.49. The maximum atomic E-state index is 4.29. The normalized spacial score (nSPS) is 21.4. The lowest BCUT2D eigenvalue weighted by molar-refractivity contribution is 0.540. The van der Waals surface area contributed by atoms with Crippen LogP contribution < -0.4 is 10.6 Å². The van der Waals surface area contributed by atoms with Gasteiger partial charge >= 0.3 is 0 Å². The third-order valence-corrected chi connectivity index (χ3v) is 2.47. The number of hydrogen-bond donors (Lipinski definition) is 2. The van der Waals surface area contributed by atoms with E-state index in [1.165, 1.54) is 6.42 Å². The van der Waals surface area contributed by atoms with Crippen molar-refractivity contribution in [3.63, 3.8) is 0 Å². The van der Waals surface area contributed by atoms with Gasteiger partial charge in [-0.05, 0) is 19.9 Å². The van der Waals surface area contributed by atoms with Crippen LogP contribution in [0.1, 0.15) is 17.8 Å². The Morgan fingerprint density at radius 1 is 1.50 bits per heavy atom. The maximum Gasteiger partial charge on any atom is 0.0724 e. The Balaban J connectivity index is 1.82. The molecule has 1 saturated heterocycles. The first-order valence-electron chi connectivity index (χ1n) is 5.06. The molecule has 1 aliphatic rings. The highest BCUT2D eigenvalue weighted by Gasteiger charge is 2.13. The van der Waals surface area contributed by atoms with Crippen molar-refractivity contribution < 1.29 is 0 Å². The van der Waals surface area contributed by atoms with Crippen molar-refractivity contribution >= 4 is 0 Å². The quantitative estimate of drug-likeness (QED) is 0.720. The predicted octanol–water partition coefficient (Wildman–Crippen LogP) is 0.237. The zero-order chi connectivity index (χ0) is 9.80. The van der Waals surface area contributed by atoms with Crippen molar-refractivity contribution in [3.8, 4) is 0 Å². The van der Waals surface area contributed by atoms with Crippen LogP contribution in [0.5, 0.6) is 0 Å². The van der Waals surface area contributed by atoms with E-state index in [0.29, 0.717) is 6.04 Å². The van der Waals surface area contributed by atoms with E-state index in [2.05, 4.69) is 20.6 Å². The Morgan fingerprint density at radius 3 is 3.07 bits per heavy atom. The molecular weight excluding hydrogens is 176 g/mol. The molecule has 2 rings (SSSR count). The van der Waals surface area contributed by atoms with Crippen LogP contribution >= 0.6 is 0 Å². The van der Waals surface area contributed by atoms with Gasteiger partial charge in [-0.1, -0.05) is 0 Å². The second kappa shape index (κ2) is 4.48. The van der Waals surface area contributed by atoms with Gasteiger partial charge in [-0.15, -0.1) is 0 Å². The van der Waals surface area contributed by atoms with E-state index in [0.717, 1.165) is 31.0 Å². The molecule has 2 N–H and O–H groups in total. The molecular formula is C10H16N4. The van der Waals surface area contributed by atoms with Crippen LogP contribution in [0.25, 0.3) is 0 Å². The molecule has 0 spiro atoms. The highest BCUT2D eigenvalue weighted by Crippen LogP contribution is 1.99. The summed E-state index contributed by atoms with van der Waals surface area (Å²) in [5.41, 5.74) is 1.98. The number of nitrogens with one attached hydrogen (secondary N) is 2. The van der Waals surface area contributed by atoms with Gasteiger partial charge in [0, 0.05) is 31.5 Å². The number of nitrogens with zero attached hydrogens (tertiary/aromatic N) is 2. The largest absolute Gasteiger partial charge is 0.315 e. The number of aromatic nitrogens is 2. The lowest BCUT2D eigenvalue weighted by Crippen LogP contribution is -2.30. The van der Waals surface area contributed by atoms with Crippen LogP contribution in [0.4, 0.5) is 0 Å². The smallest absolute Gasteiger partial charge is 0.0724 e. The molecule has 0 radical (unpaired) electrons. The van der Waals surface area contributed by atoms with Crippen molar-refractivity contribution in [2.75, 3.05) is 13.1 Å². The van der Waals surface area contributed by atoms with E-state index in [1.807, 2.05) is 19.3 Å².